The summed E-state index contributed by atoms with van der Waals surface area (Å²) in [4.78, 5) is 17.9. The van der Waals surface area contributed by atoms with Crippen LogP contribution in [0.3, 0.4) is 0 Å². The van der Waals surface area contributed by atoms with E-state index < -0.39 is 0 Å². The predicted molar refractivity (Wildman–Crippen MR) is 114 cm³/mol. The lowest BCUT2D eigenvalue weighted by molar-refractivity contribution is 0.946. The molecule has 0 bridgehead atoms. The van der Waals surface area contributed by atoms with Gasteiger partial charge in [0.1, 0.15) is 0 Å². The Morgan fingerprint density at radius 1 is 0.929 bits per heavy atom. The van der Waals surface area contributed by atoms with E-state index in [1.165, 1.54) is 0 Å². The highest BCUT2D eigenvalue weighted by molar-refractivity contribution is 5.99. The van der Waals surface area contributed by atoms with Crippen LogP contribution in [0.25, 0.3) is 16.6 Å². The molecule has 1 heterocycles. The first-order chi connectivity index (χ1) is 13.6. The van der Waals surface area contributed by atoms with E-state index in [0.717, 1.165) is 22.5 Å². The van der Waals surface area contributed by atoms with Gasteiger partial charge in [0.05, 0.1) is 22.3 Å². The van der Waals surface area contributed by atoms with Gasteiger partial charge in [0.2, 0.25) is 5.95 Å². The Kier molecular flexibility index (Phi) is 4.72. The van der Waals surface area contributed by atoms with Gasteiger partial charge in [0.15, 0.2) is 0 Å². The van der Waals surface area contributed by atoms with E-state index in [0.29, 0.717) is 16.9 Å². The molecule has 1 N–H and O–H groups in total. The molecule has 1 aromatic heterocycles. The second-order valence-corrected chi connectivity index (χ2v) is 6.55. The number of para-hydroxylation sites is 2. The van der Waals surface area contributed by atoms with Gasteiger partial charge in [-0.3, -0.25) is 4.79 Å². The molecule has 28 heavy (non-hydrogen) atoms. The molecule has 0 aliphatic heterocycles. The molecule has 0 amide bonds. The number of aryl methyl sites for hydroxylation is 1. The van der Waals surface area contributed by atoms with E-state index in [9.17, 15) is 4.79 Å². The van der Waals surface area contributed by atoms with Crippen LogP contribution in [0, 0.1) is 6.92 Å². The summed E-state index contributed by atoms with van der Waals surface area (Å²) in [5.74, 6) is 0.383. The van der Waals surface area contributed by atoms with Gasteiger partial charge >= 0.3 is 0 Å². The molecule has 4 rings (SSSR count). The van der Waals surface area contributed by atoms with Crippen LogP contribution in [-0.4, -0.2) is 15.3 Å². The molecule has 5 heteroatoms. The van der Waals surface area contributed by atoms with E-state index in [1.807, 2.05) is 86.6 Å². The number of anilines is 1. The average molecular weight is 368 g/mol. The molecule has 5 nitrogen and oxygen atoms in total. The molecule has 0 atom stereocenters. The molecule has 0 unspecified atom stereocenters. The van der Waals surface area contributed by atoms with Gasteiger partial charge in [-0.25, -0.2) is 15.0 Å². The van der Waals surface area contributed by atoms with Gasteiger partial charge in [-0.15, -0.1) is 0 Å². The molecular formula is C23H20N4O. The number of benzene rings is 3. The Hall–Kier alpha value is -3.73. The third-order valence-electron chi connectivity index (χ3n) is 4.65. The monoisotopic (exact) mass is 368 g/mol. The van der Waals surface area contributed by atoms with Gasteiger partial charge in [0.25, 0.3) is 5.56 Å². The number of nitrogens with zero attached hydrogens (tertiary/aromatic N) is 3. The molecule has 0 radical (unpaired) electrons. The highest BCUT2D eigenvalue weighted by Crippen LogP contribution is 2.19. The molecule has 3 aromatic carbocycles. The molecule has 4 aromatic rings. The Morgan fingerprint density at radius 2 is 1.61 bits per heavy atom. The molecule has 0 spiro atoms. The molecule has 0 saturated carbocycles. The van der Waals surface area contributed by atoms with Crippen molar-refractivity contribution in [2.24, 2.45) is 5.10 Å². The maximum absolute atomic E-state index is 13.3. The van der Waals surface area contributed by atoms with Gasteiger partial charge in [-0.1, -0.05) is 60.7 Å². The summed E-state index contributed by atoms with van der Waals surface area (Å²) in [7, 11) is 0. The molecule has 0 saturated heterocycles. The minimum absolute atomic E-state index is 0.130. The van der Waals surface area contributed by atoms with Crippen molar-refractivity contribution in [3.8, 4) is 5.69 Å². The van der Waals surface area contributed by atoms with Crippen molar-refractivity contribution in [3.05, 3.63) is 100 Å². The van der Waals surface area contributed by atoms with Crippen LogP contribution in [0.2, 0.25) is 0 Å². The molecule has 138 valence electrons. The summed E-state index contributed by atoms with van der Waals surface area (Å²) >= 11 is 0. The Bertz CT molecular complexity index is 1230. The van der Waals surface area contributed by atoms with Gasteiger partial charge in [-0.2, -0.15) is 5.10 Å². The van der Waals surface area contributed by atoms with Crippen molar-refractivity contribution >= 4 is 22.6 Å². The lowest BCUT2D eigenvalue weighted by atomic mass is 10.1. The summed E-state index contributed by atoms with van der Waals surface area (Å²) in [6, 6.07) is 24.9. The summed E-state index contributed by atoms with van der Waals surface area (Å²) in [6.45, 7) is 3.89. The summed E-state index contributed by atoms with van der Waals surface area (Å²) < 4.78 is 1.58. The minimum atomic E-state index is -0.130. The normalized spacial score (nSPS) is 11.6. The zero-order valence-electron chi connectivity index (χ0n) is 15.8. The number of hydrogen-bond donors (Lipinski definition) is 1. The average Bonchev–Trinajstić information content (AvgIpc) is 2.73. The number of rotatable bonds is 4. The topological polar surface area (TPSA) is 59.3 Å². The van der Waals surface area contributed by atoms with Crippen LogP contribution in [0.4, 0.5) is 5.95 Å². The fourth-order valence-electron chi connectivity index (χ4n) is 3.12. The first-order valence-electron chi connectivity index (χ1n) is 9.08. The van der Waals surface area contributed by atoms with Crippen molar-refractivity contribution < 1.29 is 0 Å². The van der Waals surface area contributed by atoms with Crippen LogP contribution >= 0.6 is 0 Å². The van der Waals surface area contributed by atoms with Crippen LogP contribution in [0.15, 0.2) is 88.8 Å². The van der Waals surface area contributed by atoms with E-state index in [2.05, 4.69) is 15.5 Å². The Balaban J connectivity index is 1.88. The molecule has 0 fully saturated rings. The van der Waals surface area contributed by atoms with Gasteiger partial charge in [0, 0.05) is 0 Å². The summed E-state index contributed by atoms with van der Waals surface area (Å²) in [6.07, 6.45) is 0. The SMILES string of the molecule is C/C(=N\Nc1nc2ccccc2c(=O)n1-c1ccccc1C)c1ccccc1. The third-order valence-corrected chi connectivity index (χ3v) is 4.65. The molecular weight excluding hydrogens is 348 g/mol. The van der Waals surface area contributed by atoms with Crippen molar-refractivity contribution in [3.63, 3.8) is 0 Å². The van der Waals surface area contributed by atoms with Crippen molar-refractivity contribution in [2.75, 3.05) is 5.43 Å². The maximum Gasteiger partial charge on any atom is 0.267 e. The number of fused-ring (bicyclic) bond motifs is 1. The van der Waals surface area contributed by atoms with E-state index in [4.69, 9.17) is 0 Å². The first-order valence-corrected chi connectivity index (χ1v) is 9.08. The first kappa shape index (κ1) is 17.7. The van der Waals surface area contributed by atoms with Gasteiger partial charge < -0.3 is 0 Å². The second-order valence-electron chi connectivity index (χ2n) is 6.55. The van der Waals surface area contributed by atoms with E-state index >= 15 is 0 Å². The zero-order valence-corrected chi connectivity index (χ0v) is 15.8. The van der Waals surface area contributed by atoms with E-state index in [-0.39, 0.29) is 5.56 Å². The zero-order chi connectivity index (χ0) is 19.5. The summed E-state index contributed by atoms with van der Waals surface area (Å²) in [5, 5.41) is 5.04. The minimum Gasteiger partial charge on any atom is -0.268 e. The van der Waals surface area contributed by atoms with Crippen LogP contribution in [-0.2, 0) is 0 Å². The Labute approximate surface area is 163 Å². The predicted octanol–water partition coefficient (Wildman–Crippen LogP) is 4.53. The fourth-order valence-corrected chi connectivity index (χ4v) is 3.12. The maximum atomic E-state index is 13.3. The highest BCUT2D eigenvalue weighted by Gasteiger charge is 2.14. The fraction of sp³-hybridized carbons (Fsp3) is 0.0870. The quantitative estimate of drug-likeness (QED) is 0.425. The highest BCUT2D eigenvalue weighted by atomic mass is 16.1. The van der Waals surface area contributed by atoms with Crippen LogP contribution < -0.4 is 11.0 Å². The van der Waals surface area contributed by atoms with Gasteiger partial charge in [-0.05, 0) is 43.2 Å². The second kappa shape index (κ2) is 7.48. The molecule has 0 aliphatic carbocycles. The lowest BCUT2D eigenvalue weighted by Gasteiger charge is -2.15. The van der Waals surface area contributed by atoms with E-state index in [1.54, 1.807) is 10.6 Å². The molecule has 0 aliphatic rings. The smallest absolute Gasteiger partial charge is 0.267 e. The Morgan fingerprint density at radius 3 is 2.39 bits per heavy atom. The van der Waals surface area contributed by atoms with Crippen LogP contribution in [0.5, 0.6) is 0 Å². The largest absolute Gasteiger partial charge is 0.268 e. The van der Waals surface area contributed by atoms with Crippen molar-refractivity contribution in [1.82, 2.24) is 9.55 Å². The summed E-state index contributed by atoms with van der Waals surface area (Å²) in [5.41, 5.74) is 7.08. The number of aromatic nitrogens is 2. The number of hydrazone groups is 1. The number of nitrogens with one attached hydrogen (secondary N) is 1. The van der Waals surface area contributed by atoms with Crippen molar-refractivity contribution in [1.29, 1.82) is 0 Å². The number of hydrogen-bond acceptors (Lipinski definition) is 4. The van der Waals surface area contributed by atoms with Crippen molar-refractivity contribution in [2.45, 2.75) is 13.8 Å². The third kappa shape index (κ3) is 3.30. The standard InChI is InChI=1S/C23H20N4O/c1-16-10-6-9-15-21(16)27-22(28)19-13-7-8-14-20(19)24-23(27)26-25-17(2)18-11-4-3-5-12-18/h3-15H,1-2H3,(H,24,26)/b25-17+. The lowest BCUT2D eigenvalue weighted by Crippen LogP contribution is -2.23. The van der Waals surface area contributed by atoms with Crippen LogP contribution in [0.1, 0.15) is 18.1 Å².